The van der Waals surface area contributed by atoms with Crippen molar-refractivity contribution in [3.05, 3.63) is 88.1 Å². The fraction of sp³-hybridized carbons (Fsp3) is 0.217. The number of halogens is 1. The van der Waals surface area contributed by atoms with Gasteiger partial charge in [-0.2, -0.15) is 0 Å². The van der Waals surface area contributed by atoms with Crippen LogP contribution in [0.5, 0.6) is 0 Å². The van der Waals surface area contributed by atoms with Gasteiger partial charge in [0.25, 0.3) is 0 Å². The van der Waals surface area contributed by atoms with Crippen LogP contribution in [0.1, 0.15) is 48.0 Å². The zero-order chi connectivity index (χ0) is 20.3. The summed E-state index contributed by atoms with van der Waals surface area (Å²) in [6.45, 7) is 9.71. The molecule has 0 bridgehead atoms. The lowest BCUT2D eigenvalue weighted by molar-refractivity contribution is -0.0236. The molecule has 0 amide bonds. The molecule has 1 aromatic heterocycles. The van der Waals surface area contributed by atoms with E-state index in [1.165, 1.54) is 0 Å². The van der Waals surface area contributed by atoms with Gasteiger partial charge in [0.15, 0.2) is 11.5 Å². The van der Waals surface area contributed by atoms with Crippen molar-refractivity contribution in [1.82, 2.24) is 5.16 Å². The van der Waals surface area contributed by atoms with E-state index in [1.54, 1.807) is 48.5 Å². The summed E-state index contributed by atoms with van der Waals surface area (Å²) < 4.78 is 5.61. The van der Waals surface area contributed by atoms with E-state index >= 15 is 0 Å². The number of aliphatic hydroxyl groups is 1. The van der Waals surface area contributed by atoms with Crippen molar-refractivity contribution in [1.29, 1.82) is 0 Å². The number of fused-ring (bicyclic) bond motifs is 2. The van der Waals surface area contributed by atoms with Crippen LogP contribution >= 0.6 is 11.6 Å². The number of nitrogens with zero attached hydrogens (tertiary/aromatic N) is 1. The Morgan fingerprint density at radius 2 is 1.82 bits per heavy atom. The first-order valence-electron chi connectivity index (χ1n) is 8.98. The molecule has 4 nitrogen and oxygen atoms in total. The second kappa shape index (κ2) is 6.16. The highest BCUT2D eigenvalue weighted by Crippen LogP contribution is 2.54. The van der Waals surface area contributed by atoms with Crippen LogP contribution in [0.3, 0.4) is 0 Å². The van der Waals surface area contributed by atoms with Crippen LogP contribution in [0.15, 0.2) is 65.2 Å². The van der Waals surface area contributed by atoms with Crippen LogP contribution in [0.2, 0.25) is 5.02 Å². The molecule has 0 saturated heterocycles. The Labute approximate surface area is 168 Å². The molecule has 28 heavy (non-hydrogen) atoms. The summed E-state index contributed by atoms with van der Waals surface area (Å²) in [5, 5.41) is 16.8. The van der Waals surface area contributed by atoms with Crippen molar-refractivity contribution in [3.63, 3.8) is 0 Å². The lowest BCUT2D eigenvalue weighted by Crippen LogP contribution is -2.48. The maximum absolute atomic E-state index is 13.4. The summed E-state index contributed by atoms with van der Waals surface area (Å²) in [6.07, 6.45) is 0. The van der Waals surface area contributed by atoms with E-state index in [0.717, 1.165) is 5.57 Å². The Bertz CT molecular complexity index is 1110. The maximum Gasteiger partial charge on any atom is 0.199 e. The van der Waals surface area contributed by atoms with Crippen molar-refractivity contribution in [2.24, 2.45) is 5.41 Å². The molecule has 0 fully saturated rings. The molecule has 1 atom stereocenters. The lowest BCUT2D eigenvalue weighted by atomic mass is 9.61. The summed E-state index contributed by atoms with van der Waals surface area (Å²) >= 11 is 5.99. The van der Waals surface area contributed by atoms with Crippen LogP contribution in [-0.2, 0) is 5.60 Å². The van der Waals surface area contributed by atoms with Crippen LogP contribution in [-0.4, -0.2) is 16.0 Å². The van der Waals surface area contributed by atoms with Gasteiger partial charge in [0.2, 0.25) is 0 Å². The van der Waals surface area contributed by atoms with E-state index < -0.39 is 11.0 Å². The van der Waals surface area contributed by atoms with E-state index in [1.807, 2.05) is 20.8 Å². The topological polar surface area (TPSA) is 63.3 Å². The Hall–Kier alpha value is -2.69. The molecule has 1 heterocycles. The molecular weight excluding hydrogens is 374 g/mol. The Morgan fingerprint density at radius 3 is 2.46 bits per heavy atom. The smallest absolute Gasteiger partial charge is 0.199 e. The third-order valence-electron chi connectivity index (χ3n) is 5.90. The van der Waals surface area contributed by atoms with Crippen LogP contribution < -0.4 is 0 Å². The number of benzene rings is 2. The molecule has 1 N–H and O–H groups in total. The van der Waals surface area contributed by atoms with E-state index in [9.17, 15) is 9.90 Å². The van der Waals surface area contributed by atoms with Crippen LogP contribution in [0, 0.1) is 5.41 Å². The molecule has 1 aliphatic carbocycles. The minimum Gasteiger partial charge on any atom is -0.378 e. The summed E-state index contributed by atoms with van der Waals surface area (Å²) in [5.74, 6) is 0.0982. The number of ketones is 1. The zero-order valence-electron chi connectivity index (χ0n) is 15.9. The van der Waals surface area contributed by atoms with Gasteiger partial charge < -0.3 is 9.63 Å². The molecular formula is C23H20ClNO3. The van der Waals surface area contributed by atoms with Crippen molar-refractivity contribution in [2.45, 2.75) is 26.4 Å². The molecule has 3 aromatic rings. The standard InChI is InChI=1S/C23H20ClNO3/c1-13(2)22(3,4)23(27)17-8-6-5-7-16(17)19(26)18-20(28-25-21(18)23)14-9-11-15(24)12-10-14/h5-12,27H,1H2,2-4H3. The van der Waals surface area contributed by atoms with Gasteiger partial charge in [-0.3, -0.25) is 4.79 Å². The van der Waals surface area contributed by atoms with Gasteiger partial charge >= 0.3 is 0 Å². The molecule has 0 spiro atoms. The molecule has 2 aromatic carbocycles. The minimum atomic E-state index is -1.56. The number of hydrogen-bond donors (Lipinski definition) is 1. The molecule has 0 radical (unpaired) electrons. The SMILES string of the molecule is C=C(C)C(C)(C)C1(O)c2ccccc2C(=O)c2c1noc2-c1ccc(Cl)cc1. The Balaban J connectivity index is 2.06. The van der Waals surface area contributed by atoms with E-state index in [0.29, 0.717) is 27.5 Å². The predicted octanol–water partition coefficient (Wildman–Crippen LogP) is 5.38. The van der Waals surface area contributed by atoms with E-state index in [-0.39, 0.29) is 17.0 Å². The fourth-order valence-corrected chi connectivity index (χ4v) is 3.87. The molecule has 0 saturated carbocycles. The van der Waals surface area contributed by atoms with Crippen molar-refractivity contribution < 1.29 is 14.4 Å². The van der Waals surface area contributed by atoms with Gasteiger partial charge in [-0.25, -0.2) is 0 Å². The predicted molar refractivity (Wildman–Crippen MR) is 108 cm³/mol. The molecule has 0 aliphatic heterocycles. The van der Waals surface area contributed by atoms with Gasteiger partial charge in [0.1, 0.15) is 11.3 Å². The molecule has 4 rings (SSSR count). The minimum absolute atomic E-state index is 0.217. The van der Waals surface area contributed by atoms with E-state index in [4.69, 9.17) is 16.1 Å². The summed E-state index contributed by atoms with van der Waals surface area (Å²) in [7, 11) is 0. The molecule has 1 aliphatic rings. The molecule has 5 heteroatoms. The second-order valence-corrected chi connectivity index (χ2v) is 8.17. The van der Waals surface area contributed by atoms with Crippen molar-refractivity contribution in [3.8, 4) is 11.3 Å². The summed E-state index contributed by atoms with van der Waals surface area (Å²) in [5.41, 5.74) is 0.510. The first-order chi connectivity index (χ1) is 13.2. The largest absolute Gasteiger partial charge is 0.378 e. The highest BCUT2D eigenvalue weighted by Gasteiger charge is 2.55. The van der Waals surface area contributed by atoms with Crippen molar-refractivity contribution >= 4 is 17.4 Å². The zero-order valence-corrected chi connectivity index (χ0v) is 16.7. The third kappa shape index (κ3) is 2.35. The fourth-order valence-electron chi connectivity index (χ4n) is 3.75. The van der Waals surface area contributed by atoms with Gasteiger partial charge in [-0.05, 0) is 31.2 Å². The third-order valence-corrected chi connectivity index (χ3v) is 6.15. The number of carbonyl (C=O) groups is 1. The highest BCUT2D eigenvalue weighted by molar-refractivity contribution is 6.30. The number of aromatic nitrogens is 1. The Morgan fingerprint density at radius 1 is 1.18 bits per heavy atom. The quantitative estimate of drug-likeness (QED) is 0.607. The normalized spacial score (nSPS) is 18.5. The Kier molecular flexibility index (Phi) is 4.11. The van der Waals surface area contributed by atoms with Gasteiger partial charge in [0, 0.05) is 27.1 Å². The first kappa shape index (κ1) is 18.7. The van der Waals surface area contributed by atoms with Gasteiger partial charge in [-0.1, -0.05) is 67.0 Å². The molecule has 142 valence electrons. The van der Waals surface area contributed by atoms with Crippen LogP contribution in [0.25, 0.3) is 11.3 Å². The second-order valence-electron chi connectivity index (χ2n) is 7.73. The van der Waals surface area contributed by atoms with Gasteiger partial charge in [0.05, 0.1) is 5.56 Å². The van der Waals surface area contributed by atoms with E-state index in [2.05, 4.69) is 11.7 Å². The summed E-state index contributed by atoms with van der Waals surface area (Å²) in [6, 6.07) is 14.0. The van der Waals surface area contributed by atoms with Crippen LogP contribution in [0.4, 0.5) is 0 Å². The monoisotopic (exact) mass is 393 g/mol. The average Bonchev–Trinajstić information content (AvgIpc) is 3.12. The maximum atomic E-state index is 13.4. The molecule has 1 unspecified atom stereocenters. The average molecular weight is 394 g/mol. The summed E-state index contributed by atoms with van der Waals surface area (Å²) in [4.78, 5) is 13.4. The number of rotatable bonds is 3. The van der Waals surface area contributed by atoms with Crippen molar-refractivity contribution in [2.75, 3.05) is 0 Å². The highest BCUT2D eigenvalue weighted by atomic mass is 35.5. The van der Waals surface area contributed by atoms with Gasteiger partial charge in [-0.15, -0.1) is 0 Å². The number of carbonyl (C=O) groups excluding carboxylic acids is 1. The number of hydrogen-bond acceptors (Lipinski definition) is 4. The lowest BCUT2D eigenvalue weighted by Gasteiger charge is -2.45. The first-order valence-corrected chi connectivity index (χ1v) is 9.36.